The molecule has 0 spiro atoms. The monoisotopic (exact) mass is 414 g/mol. The average Bonchev–Trinajstić information content (AvgIpc) is 3.27. The van der Waals surface area contributed by atoms with Gasteiger partial charge in [-0.25, -0.2) is 0 Å². The van der Waals surface area contributed by atoms with E-state index in [1.54, 1.807) is 75.3 Å². The first kappa shape index (κ1) is 18.6. The summed E-state index contributed by atoms with van der Waals surface area (Å²) in [7, 11) is 0. The van der Waals surface area contributed by atoms with Gasteiger partial charge in [0.2, 0.25) is 0 Å². The summed E-state index contributed by atoms with van der Waals surface area (Å²) in [6.45, 7) is 0. The molecule has 31 heavy (non-hydrogen) atoms. The van der Waals surface area contributed by atoms with Gasteiger partial charge in [-0.05, 0) is 153 Å². The number of hydrogen-bond donors (Lipinski definition) is 0. The van der Waals surface area contributed by atoms with Crippen molar-refractivity contribution in [3.63, 3.8) is 0 Å². The molecule has 0 heterocycles. The van der Waals surface area contributed by atoms with Crippen molar-refractivity contribution in [1.29, 1.82) is 0 Å². The van der Waals surface area contributed by atoms with Gasteiger partial charge in [-0.2, -0.15) is 0 Å². The standard InChI is InChI=1S/C31H42/c1-2-4-26(3-1)27-5-7-28(8-6-27)29-13-24-12-25(14-29)19-31(18-24,20-29)30-15-21-9-22(16-30)11-23(10-21)17-30/h5-8,21-26H,1-4,9-20H2. The first-order chi connectivity index (χ1) is 15.1. The van der Waals surface area contributed by atoms with E-state index in [0.717, 1.165) is 46.3 Å². The van der Waals surface area contributed by atoms with Gasteiger partial charge >= 0.3 is 0 Å². The van der Waals surface area contributed by atoms with Crippen LogP contribution < -0.4 is 0 Å². The quantitative estimate of drug-likeness (QED) is 0.466. The summed E-state index contributed by atoms with van der Waals surface area (Å²) in [5, 5.41) is 0. The molecule has 9 fully saturated rings. The van der Waals surface area contributed by atoms with Crippen molar-refractivity contribution >= 4 is 0 Å². The summed E-state index contributed by atoms with van der Waals surface area (Å²) in [6.07, 6.45) is 24.9. The van der Waals surface area contributed by atoms with Crippen LogP contribution in [0.5, 0.6) is 0 Å². The predicted molar refractivity (Wildman–Crippen MR) is 127 cm³/mol. The lowest BCUT2D eigenvalue weighted by molar-refractivity contribution is -0.205. The topological polar surface area (TPSA) is 0 Å². The molecule has 0 heteroatoms. The van der Waals surface area contributed by atoms with Gasteiger partial charge in [0.1, 0.15) is 0 Å². The zero-order valence-electron chi connectivity index (χ0n) is 19.6. The van der Waals surface area contributed by atoms with Gasteiger partial charge in [0.05, 0.1) is 0 Å². The predicted octanol–water partition coefficient (Wildman–Crippen LogP) is 8.40. The van der Waals surface area contributed by atoms with Crippen molar-refractivity contribution in [3.05, 3.63) is 35.4 Å². The van der Waals surface area contributed by atoms with E-state index < -0.39 is 0 Å². The van der Waals surface area contributed by atoms with Crippen LogP contribution in [0, 0.1) is 40.4 Å². The SMILES string of the molecule is c1cc(C23CC4CC(C2)CC(C25CC6CC(CC(C6)C2)C5)(C4)C3)ccc1C1CCCC1. The molecule has 0 N–H and O–H groups in total. The van der Waals surface area contributed by atoms with E-state index in [1.165, 1.54) is 38.5 Å². The Morgan fingerprint density at radius 1 is 0.548 bits per heavy atom. The Bertz CT molecular complexity index is 819. The smallest absolute Gasteiger partial charge is 0.00362 e. The lowest BCUT2D eigenvalue weighted by Crippen LogP contribution is -2.63. The van der Waals surface area contributed by atoms with Crippen LogP contribution in [0.15, 0.2) is 24.3 Å². The van der Waals surface area contributed by atoms with E-state index in [9.17, 15) is 0 Å². The highest BCUT2D eigenvalue weighted by molar-refractivity contribution is 5.35. The van der Waals surface area contributed by atoms with Crippen LogP contribution in [-0.4, -0.2) is 0 Å². The number of rotatable bonds is 3. The average molecular weight is 415 g/mol. The van der Waals surface area contributed by atoms with Crippen molar-refractivity contribution in [3.8, 4) is 0 Å². The molecule has 0 amide bonds. The van der Waals surface area contributed by atoms with Gasteiger partial charge in [0.15, 0.2) is 0 Å². The third kappa shape index (κ3) is 2.55. The summed E-state index contributed by atoms with van der Waals surface area (Å²) >= 11 is 0. The molecule has 1 aromatic carbocycles. The molecule has 8 bridgehead atoms. The van der Waals surface area contributed by atoms with Crippen LogP contribution >= 0.6 is 0 Å². The minimum Gasteiger partial charge on any atom is -0.0585 e. The summed E-state index contributed by atoms with van der Waals surface area (Å²) in [5.74, 6) is 6.29. The van der Waals surface area contributed by atoms with Gasteiger partial charge in [-0.1, -0.05) is 37.1 Å². The van der Waals surface area contributed by atoms with Crippen LogP contribution in [0.25, 0.3) is 0 Å². The second-order valence-electron chi connectivity index (χ2n) is 14.3. The van der Waals surface area contributed by atoms with Gasteiger partial charge in [-0.15, -0.1) is 0 Å². The third-order valence-corrected chi connectivity index (χ3v) is 12.6. The summed E-state index contributed by atoms with van der Waals surface area (Å²) in [5.41, 5.74) is 5.44. The van der Waals surface area contributed by atoms with Crippen LogP contribution in [0.3, 0.4) is 0 Å². The number of hydrogen-bond acceptors (Lipinski definition) is 0. The second-order valence-corrected chi connectivity index (χ2v) is 14.3. The normalized spacial score (nSPS) is 52.3. The lowest BCUT2D eigenvalue weighted by atomic mass is 9.32. The van der Waals surface area contributed by atoms with Gasteiger partial charge in [0.25, 0.3) is 0 Å². The fourth-order valence-corrected chi connectivity index (χ4v) is 12.3. The largest absolute Gasteiger partial charge is 0.0585 e. The van der Waals surface area contributed by atoms with Crippen LogP contribution in [0.2, 0.25) is 0 Å². The van der Waals surface area contributed by atoms with E-state index >= 15 is 0 Å². The molecule has 0 aliphatic heterocycles. The van der Waals surface area contributed by atoms with Crippen LogP contribution in [-0.2, 0) is 5.41 Å². The van der Waals surface area contributed by atoms with Crippen molar-refractivity contribution in [1.82, 2.24) is 0 Å². The first-order valence-electron chi connectivity index (χ1n) is 14.2. The molecule has 1 aromatic rings. The molecule has 0 saturated heterocycles. The zero-order valence-corrected chi connectivity index (χ0v) is 19.6. The molecular formula is C31H42. The Morgan fingerprint density at radius 3 is 1.65 bits per heavy atom. The molecule has 0 radical (unpaired) electrons. The Balaban J connectivity index is 1.17. The Labute approximate surface area is 190 Å². The molecule has 0 aromatic heterocycles. The van der Waals surface area contributed by atoms with E-state index in [4.69, 9.17) is 0 Å². The van der Waals surface area contributed by atoms with E-state index in [2.05, 4.69) is 24.3 Å². The maximum absolute atomic E-state index is 2.63. The highest BCUT2D eigenvalue weighted by Gasteiger charge is 2.67. The highest BCUT2D eigenvalue weighted by atomic mass is 14.7. The second kappa shape index (κ2) is 6.21. The first-order valence-corrected chi connectivity index (χ1v) is 14.2. The van der Waals surface area contributed by atoms with E-state index in [-0.39, 0.29) is 0 Å². The van der Waals surface area contributed by atoms with Gasteiger partial charge in [-0.3, -0.25) is 0 Å². The summed E-state index contributed by atoms with van der Waals surface area (Å²) < 4.78 is 0. The Kier molecular flexibility index (Phi) is 3.73. The molecular weight excluding hydrogens is 372 g/mol. The zero-order chi connectivity index (χ0) is 20.3. The van der Waals surface area contributed by atoms with E-state index in [1.807, 2.05) is 0 Å². The molecule has 9 aliphatic rings. The molecule has 2 unspecified atom stereocenters. The van der Waals surface area contributed by atoms with E-state index in [0.29, 0.717) is 5.41 Å². The third-order valence-electron chi connectivity index (χ3n) is 12.6. The fourth-order valence-electron chi connectivity index (χ4n) is 12.3. The number of benzene rings is 1. The summed E-state index contributed by atoms with van der Waals surface area (Å²) in [6, 6.07) is 10.4. The minimum absolute atomic E-state index is 0.543. The maximum Gasteiger partial charge on any atom is -0.00362 e. The lowest BCUT2D eigenvalue weighted by Gasteiger charge is -2.72. The summed E-state index contributed by atoms with van der Waals surface area (Å²) in [4.78, 5) is 0. The Hall–Kier alpha value is -0.780. The maximum atomic E-state index is 2.63. The van der Waals surface area contributed by atoms with Crippen molar-refractivity contribution < 1.29 is 0 Å². The molecule has 0 nitrogen and oxygen atoms in total. The highest BCUT2D eigenvalue weighted by Crippen LogP contribution is 2.77. The van der Waals surface area contributed by atoms with Gasteiger partial charge < -0.3 is 0 Å². The fraction of sp³-hybridized carbons (Fsp3) is 0.806. The molecule has 9 saturated carbocycles. The van der Waals surface area contributed by atoms with Crippen molar-refractivity contribution in [2.45, 2.75) is 114 Å². The van der Waals surface area contributed by atoms with Crippen molar-refractivity contribution in [2.24, 2.45) is 40.4 Å². The van der Waals surface area contributed by atoms with Gasteiger partial charge in [0, 0.05) is 0 Å². The molecule has 9 aliphatic carbocycles. The molecule has 2 atom stereocenters. The molecule has 166 valence electrons. The molecule has 10 rings (SSSR count). The minimum atomic E-state index is 0.543. The van der Waals surface area contributed by atoms with Crippen molar-refractivity contribution in [2.75, 3.05) is 0 Å². The van der Waals surface area contributed by atoms with Crippen LogP contribution in [0.4, 0.5) is 0 Å². The Morgan fingerprint density at radius 2 is 1.06 bits per heavy atom. The van der Waals surface area contributed by atoms with Crippen LogP contribution in [0.1, 0.15) is 120 Å².